The van der Waals surface area contributed by atoms with Crippen molar-refractivity contribution in [2.45, 2.75) is 46.6 Å². The van der Waals surface area contributed by atoms with Crippen LogP contribution in [-0.2, 0) is 14.3 Å². The van der Waals surface area contributed by atoms with Crippen molar-refractivity contribution in [3.63, 3.8) is 0 Å². The fourth-order valence-electron chi connectivity index (χ4n) is 4.45. The first-order valence-electron chi connectivity index (χ1n) is 12.3. The standard InChI is InChI=1S/C29H30N2O6S/c1-7-37-21-13-12-20(14-16(21)4)24(32)22-23(19-10-8-18(9-11-19)15(2)3)31(27(34)25(22)33)29-30-17(5)26(38-29)28(35)36-6/h8-15,23,32H,7H2,1-6H3. The van der Waals surface area contributed by atoms with E-state index in [1.165, 1.54) is 12.0 Å². The molecule has 1 amide bonds. The minimum absolute atomic E-state index is 0.0525. The molecule has 0 radical (unpaired) electrons. The number of nitrogens with zero attached hydrogens (tertiary/aromatic N) is 2. The maximum atomic E-state index is 13.5. The number of esters is 1. The lowest BCUT2D eigenvalue weighted by molar-refractivity contribution is -0.132. The van der Waals surface area contributed by atoms with E-state index in [1.54, 1.807) is 25.1 Å². The average molecular weight is 535 g/mol. The lowest BCUT2D eigenvalue weighted by atomic mass is 9.93. The van der Waals surface area contributed by atoms with Gasteiger partial charge in [-0.2, -0.15) is 0 Å². The predicted octanol–water partition coefficient (Wildman–Crippen LogP) is 5.69. The predicted molar refractivity (Wildman–Crippen MR) is 146 cm³/mol. The van der Waals surface area contributed by atoms with E-state index in [0.717, 1.165) is 22.5 Å². The zero-order chi connectivity index (χ0) is 27.7. The number of carbonyl (C=O) groups excluding carboxylic acids is 3. The lowest BCUT2D eigenvalue weighted by Gasteiger charge is -2.23. The monoisotopic (exact) mass is 534 g/mol. The van der Waals surface area contributed by atoms with Crippen LogP contribution in [0, 0.1) is 13.8 Å². The third kappa shape index (κ3) is 4.81. The normalized spacial score (nSPS) is 16.8. The van der Waals surface area contributed by atoms with Gasteiger partial charge in [0.2, 0.25) is 0 Å². The molecular formula is C29H30N2O6S. The smallest absolute Gasteiger partial charge is 0.350 e. The van der Waals surface area contributed by atoms with Gasteiger partial charge in [0, 0.05) is 5.56 Å². The number of thiazole rings is 1. The van der Waals surface area contributed by atoms with Crippen molar-refractivity contribution in [2.24, 2.45) is 0 Å². The molecule has 9 heteroatoms. The van der Waals surface area contributed by atoms with Crippen molar-refractivity contribution in [3.8, 4) is 5.75 Å². The first-order valence-corrected chi connectivity index (χ1v) is 13.1. The second kappa shape index (κ2) is 10.8. The van der Waals surface area contributed by atoms with E-state index in [4.69, 9.17) is 9.47 Å². The van der Waals surface area contributed by atoms with Crippen LogP contribution in [-0.4, -0.2) is 41.5 Å². The second-order valence-corrected chi connectivity index (χ2v) is 10.3. The van der Waals surface area contributed by atoms with Crippen molar-refractivity contribution in [2.75, 3.05) is 18.6 Å². The average Bonchev–Trinajstić information content (AvgIpc) is 3.41. The molecule has 1 atom stereocenters. The Bertz CT molecular complexity index is 1440. The number of hydrogen-bond donors (Lipinski definition) is 1. The Morgan fingerprint density at radius 3 is 2.39 bits per heavy atom. The van der Waals surface area contributed by atoms with Gasteiger partial charge in [-0.05, 0) is 61.6 Å². The molecule has 0 saturated carbocycles. The molecule has 1 unspecified atom stereocenters. The van der Waals surface area contributed by atoms with Gasteiger partial charge in [-0.25, -0.2) is 9.78 Å². The SMILES string of the molecule is CCOc1ccc(C(O)=C2C(=O)C(=O)N(c3nc(C)c(C(=O)OC)s3)C2c2ccc(C(C)C)cc2)cc1C. The molecule has 1 aliphatic rings. The number of anilines is 1. The van der Waals surface area contributed by atoms with Crippen molar-refractivity contribution >= 4 is 39.9 Å². The van der Waals surface area contributed by atoms with E-state index < -0.39 is 23.7 Å². The van der Waals surface area contributed by atoms with Crippen molar-refractivity contribution in [3.05, 3.63) is 80.9 Å². The molecule has 1 N–H and O–H groups in total. The maximum Gasteiger partial charge on any atom is 0.350 e. The van der Waals surface area contributed by atoms with Crippen LogP contribution in [0.4, 0.5) is 5.13 Å². The number of amides is 1. The van der Waals surface area contributed by atoms with Gasteiger partial charge < -0.3 is 14.6 Å². The number of aromatic nitrogens is 1. The van der Waals surface area contributed by atoms with Crippen LogP contribution in [0.15, 0.2) is 48.0 Å². The molecule has 38 heavy (non-hydrogen) atoms. The van der Waals surface area contributed by atoms with Crippen LogP contribution >= 0.6 is 11.3 Å². The molecule has 0 aliphatic carbocycles. The van der Waals surface area contributed by atoms with E-state index in [2.05, 4.69) is 18.8 Å². The number of ether oxygens (including phenoxy) is 2. The third-order valence-electron chi connectivity index (χ3n) is 6.47. The summed E-state index contributed by atoms with van der Waals surface area (Å²) in [7, 11) is 1.27. The molecule has 3 aromatic rings. The minimum atomic E-state index is -0.945. The molecule has 4 rings (SSSR count). The highest BCUT2D eigenvalue weighted by Gasteiger charge is 2.48. The number of rotatable bonds is 7. The van der Waals surface area contributed by atoms with Crippen molar-refractivity contribution < 1.29 is 29.0 Å². The number of carbonyl (C=O) groups is 3. The quantitative estimate of drug-likeness (QED) is 0.179. The summed E-state index contributed by atoms with van der Waals surface area (Å²) in [6.45, 7) is 9.99. The summed E-state index contributed by atoms with van der Waals surface area (Å²) >= 11 is 0.968. The lowest BCUT2D eigenvalue weighted by Crippen LogP contribution is -2.29. The highest BCUT2D eigenvalue weighted by molar-refractivity contribution is 7.17. The highest BCUT2D eigenvalue weighted by Crippen LogP contribution is 2.44. The summed E-state index contributed by atoms with van der Waals surface area (Å²) < 4.78 is 10.4. The number of Topliss-reactive ketones (excluding diaryl/α,β-unsaturated/α-hetero) is 1. The molecule has 8 nitrogen and oxygen atoms in total. The summed E-state index contributed by atoms with van der Waals surface area (Å²) in [5, 5.41) is 11.6. The van der Waals surface area contributed by atoms with Crippen LogP contribution < -0.4 is 9.64 Å². The number of aliphatic hydroxyl groups excluding tert-OH is 1. The zero-order valence-corrected chi connectivity index (χ0v) is 23.0. The van der Waals surface area contributed by atoms with Gasteiger partial charge in [-0.1, -0.05) is 49.4 Å². The molecule has 2 heterocycles. The Kier molecular flexibility index (Phi) is 7.68. The van der Waals surface area contributed by atoms with E-state index >= 15 is 0 Å². The number of methoxy groups -OCH3 is 1. The van der Waals surface area contributed by atoms with Crippen LogP contribution in [0.3, 0.4) is 0 Å². The summed E-state index contributed by atoms with van der Waals surface area (Å²) in [5.74, 6) is -1.59. The minimum Gasteiger partial charge on any atom is -0.507 e. The first kappa shape index (κ1) is 27.1. The van der Waals surface area contributed by atoms with Crippen molar-refractivity contribution in [1.82, 2.24) is 4.98 Å². The fraction of sp³-hybridized carbons (Fsp3) is 0.310. The number of aryl methyl sites for hydroxylation is 2. The summed E-state index contributed by atoms with van der Waals surface area (Å²) in [4.78, 5) is 45.1. The molecule has 198 valence electrons. The summed E-state index contributed by atoms with van der Waals surface area (Å²) in [5.41, 5.74) is 3.22. The molecule has 1 saturated heterocycles. The van der Waals surface area contributed by atoms with Crippen LogP contribution in [0.25, 0.3) is 5.76 Å². The van der Waals surface area contributed by atoms with E-state index in [0.29, 0.717) is 29.2 Å². The Morgan fingerprint density at radius 2 is 1.82 bits per heavy atom. The number of ketones is 1. The molecule has 1 fully saturated rings. The number of hydrogen-bond acceptors (Lipinski definition) is 8. The number of aliphatic hydroxyl groups is 1. The zero-order valence-electron chi connectivity index (χ0n) is 22.2. The molecule has 0 spiro atoms. The van der Waals surface area contributed by atoms with Gasteiger partial charge >= 0.3 is 11.9 Å². The van der Waals surface area contributed by atoms with Crippen LogP contribution in [0.5, 0.6) is 5.75 Å². The number of benzene rings is 2. The summed E-state index contributed by atoms with van der Waals surface area (Å²) in [6.07, 6.45) is 0. The van der Waals surface area contributed by atoms with Gasteiger partial charge in [0.25, 0.3) is 5.78 Å². The third-order valence-corrected chi connectivity index (χ3v) is 7.61. The van der Waals surface area contributed by atoms with Gasteiger partial charge in [0.1, 0.15) is 16.4 Å². The maximum absolute atomic E-state index is 13.5. The second-order valence-electron chi connectivity index (χ2n) is 9.31. The Balaban J connectivity index is 1.91. The van der Waals surface area contributed by atoms with Crippen molar-refractivity contribution in [1.29, 1.82) is 0 Å². The fourth-order valence-corrected chi connectivity index (χ4v) is 5.46. The van der Waals surface area contributed by atoms with E-state index in [1.807, 2.05) is 38.1 Å². The largest absolute Gasteiger partial charge is 0.507 e. The van der Waals surface area contributed by atoms with E-state index in [-0.39, 0.29) is 27.3 Å². The molecular weight excluding hydrogens is 504 g/mol. The molecule has 0 bridgehead atoms. The Morgan fingerprint density at radius 1 is 1.13 bits per heavy atom. The first-order chi connectivity index (χ1) is 18.1. The van der Waals surface area contributed by atoms with Gasteiger partial charge in [-0.15, -0.1) is 0 Å². The Hall–Kier alpha value is -3.98. The van der Waals surface area contributed by atoms with Crippen LogP contribution in [0.1, 0.15) is 70.4 Å². The molecule has 1 aromatic heterocycles. The summed E-state index contributed by atoms with van der Waals surface area (Å²) in [6, 6.07) is 11.7. The molecule has 1 aliphatic heterocycles. The molecule has 2 aromatic carbocycles. The topological polar surface area (TPSA) is 106 Å². The van der Waals surface area contributed by atoms with Gasteiger partial charge in [0.05, 0.1) is 31.0 Å². The van der Waals surface area contributed by atoms with Gasteiger partial charge in [0.15, 0.2) is 5.13 Å². The van der Waals surface area contributed by atoms with E-state index in [9.17, 15) is 19.5 Å². The highest BCUT2D eigenvalue weighted by atomic mass is 32.1. The van der Waals surface area contributed by atoms with Gasteiger partial charge in [-0.3, -0.25) is 14.5 Å². The van der Waals surface area contributed by atoms with Crippen LogP contribution in [0.2, 0.25) is 0 Å². The Labute approximate surface area is 225 Å².